The lowest BCUT2D eigenvalue weighted by Crippen LogP contribution is -2.44. The number of pyridine rings is 1. The summed E-state index contributed by atoms with van der Waals surface area (Å²) in [4.78, 5) is 15.8. The molecule has 0 spiro atoms. The second-order valence-electron chi connectivity index (χ2n) is 4.50. The summed E-state index contributed by atoms with van der Waals surface area (Å²) in [6, 6.07) is 3.95. The Morgan fingerprint density at radius 3 is 3.06 bits per heavy atom. The molecule has 0 aromatic carbocycles. The van der Waals surface area contributed by atoms with E-state index in [1.165, 1.54) is 0 Å². The maximum Gasteiger partial charge on any atom is 0.222 e. The van der Waals surface area contributed by atoms with Gasteiger partial charge in [-0.2, -0.15) is 0 Å². The molecule has 5 heteroatoms. The molecule has 2 rings (SSSR count). The molecule has 0 aliphatic carbocycles. The molecule has 1 unspecified atom stereocenters. The number of hydrogen-bond acceptors (Lipinski definition) is 4. The van der Waals surface area contributed by atoms with E-state index in [9.17, 15) is 4.79 Å². The Morgan fingerprint density at radius 1 is 1.61 bits per heavy atom. The Labute approximate surface area is 107 Å². The van der Waals surface area contributed by atoms with Crippen LogP contribution in [0, 0.1) is 0 Å². The van der Waals surface area contributed by atoms with Crippen LogP contribution in [0.25, 0.3) is 0 Å². The number of nitrogens with zero attached hydrogens (tertiary/aromatic N) is 1. The van der Waals surface area contributed by atoms with Crippen LogP contribution in [0.1, 0.15) is 24.9 Å². The fourth-order valence-corrected chi connectivity index (χ4v) is 2.01. The third kappa shape index (κ3) is 3.78. The highest BCUT2D eigenvalue weighted by Gasteiger charge is 2.18. The zero-order valence-corrected chi connectivity index (χ0v) is 10.6. The molecule has 0 radical (unpaired) electrons. The smallest absolute Gasteiger partial charge is 0.222 e. The molecular weight excluding hydrogens is 230 g/mol. The van der Waals surface area contributed by atoms with Gasteiger partial charge in [-0.15, -0.1) is 0 Å². The van der Waals surface area contributed by atoms with Gasteiger partial charge in [0.25, 0.3) is 0 Å². The van der Waals surface area contributed by atoms with Crippen LogP contribution in [0.5, 0.6) is 0 Å². The predicted molar refractivity (Wildman–Crippen MR) is 68.0 cm³/mol. The van der Waals surface area contributed by atoms with Crippen molar-refractivity contribution in [2.24, 2.45) is 0 Å². The molecule has 18 heavy (non-hydrogen) atoms. The van der Waals surface area contributed by atoms with Crippen molar-refractivity contribution in [2.45, 2.75) is 25.4 Å². The highest BCUT2D eigenvalue weighted by molar-refractivity contribution is 5.77. The SMILES string of the molecule is C[C@H](NC(=O)CC1COCCN1)c1ccncc1. The fraction of sp³-hybridized carbons (Fsp3) is 0.538. The normalized spacial score (nSPS) is 21.3. The third-order valence-corrected chi connectivity index (χ3v) is 3.01. The number of carbonyl (C=O) groups excluding carboxylic acids is 1. The topological polar surface area (TPSA) is 63.2 Å². The maximum absolute atomic E-state index is 11.9. The van der Waals surface area contributed by atoms with Gasteiger partial charge in [-0.3, -0.25) is 9.78 Å². The predicted octanol–water partition coefficient (Wildman–Crippen LogP) is 0.637. The van der Waals surface area contributed by atoms with E-state index in [2.05, 4.69) is 15.6 Å². The molecule has 1 amide bonds. The Morgan fingerprint density at radius 2 is 2.39 bits per heavy atom. The number of nitrogens with one attached hydrogen (secondary N) is 2. The van der Waals surface area contributed by atoms with Crippen molar-refractivity contribution in [1.82, 2.24) is 15.6 Å². The summed E-state index contributed by atoms with van der Waals surface area (Å²) in [5.74, 6) is 0.0438. The molecule has 1 fully saturated rings. The van der Waals surface area contributed by atoms with Gasteiger partial charge >= 0.3 is 0 Å². The molecule has 0 bridgehead atoms. The molecular formula is C13H19N3O2. The molecule has 2 atom stereocenters. The first kappa shape index (κ1) is 13.0. The zero-order chi connectivity index (χ0) is 12.8. The van der Waals surface area contributed by atoms with Crippen LogP contribution in [0.4, 0.5) is 0 Å². The number of aromatic nitrogens is 1. The van der Waals surface area contributed by atoms with Crippen molar-refractivity contribution >= 4 is 5.91 Å². The molecule has 1 aromatic heterocycles. The summed E-state index contributed by atoms with van der Waals surface area (Å²) in [7, 11) is 0. The van der Waals surface area contributed by atoms with Gasteiger partial charge in [0.2, 0.25) is 5.91 Å². The van der Waals surface area contributed by atoms with E-state index in [0.29, 0.717) is 13.0 Å². The van der Waals surface area contributed by atoms with Crippen LogP contribution in [0.15, 0.2) is 24.5 Å². The monoisotopic (exact) mass is 249 g/mol. The van der Waals surface area contributed by atoms with Crippen molar-refractivity contribution < 1.29 is 9.53 Å². The van der Waals surface area contributed by atoms with E-state index in [4.69, 9.17) is 4.74 Å². The lowest BCUT2D eigenvalue weighted by atomic mass is 10.1. The van der Waals surface area contributed by atoms with Crippen molar-refractivity contribution in [2.75, 3.05) is 19.8 Å². The van der Waals surface area contributed by atoms with Crippen LogP contribution in [-0.2, 0) is 9.53 Å². The summed E-state index contributed by atoms with van der Waals surface area (Å²) < 4.78 is 5.32. The van der Waals surface area contributed by atoms with Gasteiger partial charge in [-0.05, 0) is 24.6 Å². The van der Waals surface area contributed by atoms with Crippen molar-refractivity contribution in [3.63, 3.8) is 0 Å². The molecule has 1 aliphatic heterocycles. The van der Waals surface area contributed by atoms with E-state index < -0.39 is 0 Å². The van der Waals surface area contributed by atoms with Crippen LogP contribution in [0.2, 0.25) is 0 Å². The van der Waals surface area contributed by atoms with Crippen molar-refractivity contribution in [3.05, 3.63) is 30.1 Å². The summed E-state index contributed by atoms with van der Waals surface area (Å²) in [5, 5.41) is 6.25. The fourth-order valence-electron chi connectivity index (χ4n) is 2.01. The van der Waals surface area contributed by atoms with Gasteiger partial charge in [-0.1, -0.05) is 0 Å². The van der Waals surface area contributed by atoms with E-state index in [-0.39, 0.29) is 18.0 Å². The molecule has 0 saturated carbocycles. The van der Waals surface area contributed by atoms with Crippen LogP contribution in [-0.4, -0.2) is 36.7 Å². The Hall–Kier alpha value is -1.46. The quantitative estimate of drug-likeness (QED) is 0.822. The average molecular weight is 249 g/mol. The number of morpholine rings is 1. The lowest BCUT2D eigenvalue weighted by Gasteiger charge is -2.24. The third-order valence-electron chi connectivity index (χ3n) is 3.01. The van der Waals surface area contributed by atoms with Crippen LogP contribution >= 0.6 is 0 Å². The van der Waals surface area contributed by atoms with Crippen molar-refractivity contribution in [1.29, 1.82) is 0 Å². The number of amides is 1. The summed E-state index contributed by atoms with van der Waals surface area (Å²) in [5.41, 5.74) is 1.06. The maximum atomic E-state index is 11.9. The summed E-state index contributed by atoms with van der Waals surface area (Å²) in [6.45, 7) is 4.12. The minimum atomic E-state index is 0.00464. The first-order chi connectivity index (χ1) is 8.75. The van der Waals surface area contributed by atoms with Gasteiger partial charge in [0.1, 0.15) is 0 Å². The number of ether oxygens (including phenoxy) is 1. The first-order valence-electron chi connectivity index (χ1n) is 6.26. The van der Waals surface area contributed by atoms with E-state index >= 15 is 0 Å². The van der Waals surface area contributed by atoms with Crippen LogP contribution in [0.3, 0.4) is 0 Å². The van der Waals surface area contributed by atoms with Gasteiger partial charge in [0, 0.05) is 31.4 Å². The molecule has 1 aliphatic rings. The van der Waals surface area contributed by atoms with Gasteiger partial charge in [0.05, 0.1) is 19.3 Å². The van der Waals surface area contributed by atoms with Gasteiger partial charge in [0.15, 0.2) is 0 Å². The minimum Gasteiger partial charge on any atom is -0.378 e. The number of rotatable bonds is 4. The standard InChI is InChI=1S/C13H19N3O2/c1-10(11-2-4-14-5-3-11)16-13(17)8-12-9-18-7-6-15-12/h2-5,10,12,15H,6-9H2,1H3,(H,16,17)/t10-,12?/m0/s1. The van der Waals surface area contributed by atoms with E-state index in [1.54, 1.807) is 12.4 Å². The molecule has 2 N–H and O–H groups in total. The van der Waals surface area contributed by atoms with Gasteiger partial charge < -0.3 is 15.4 Å². The molecule has 98 valence electrons. The number of carbonyl (C=O) groups is 1. The van der Waals surface area contributed by atoms with E-state index in [0.717, 1.165) is 18.7 Å². The summed E-state index contributed by atoms with van der Waals surface area (Å²) >= 11 is 0. The second-order valence-corrected chi connectivity index (χ2v) is 4.50. The Kier molecular flexibility index (Phi) is 4.66. The van der Waals surface area contributed by atoms with E-state index in [1.807, 2.05) is 19.1 Å². The molecule has 1 saturated heterocycles. The van der Waals surface area contributed by atoms with Crippen LogP contribution < -0.4 is 10.6 Å². The molecule has 5 nitrogen and oxygen atoms in total. The van der Waals surface area contributed by atoms with Gasteiger partial charge in [-0.25, -0.2) is 0 Å². The Bertz CT molecular complexity index is 377. The molecule has 2 heterocycles. The molecule has 1 aromatic rings. The van der Waals surface area contributed by atoms with Crippen molar-refractivity contribution in [3.8, 4) is 0 Å². The largest absolute Gasteiger partial charge is 0.378 e. The Balaban J connectivity index is 1.80. The lowest BCUT2D eigenvalue weighted by molar-refractivity contribution is -0.122. The highest BCUT2D eigenvalue weighted by Crippen LogP contribution is 2.10. The average Bonchev–Trinajstić information content (AvgIpc) is 2.40. The number of hydrogen-bond donors (Lipinski definition) is 2. The highest BCUT2D eigenvalue weighted by atomic mass is 16.5. The second kappa shape index (κ2) is 6.47. The zero-order valence-electron chi connectivity index (χ0n) is 10.6. The first-order valence-corrected chi connectivity index (χ1v) is 6.26. The minimum absolute atomic E-state index is 0.00464. The summed E-state index contributed by atoms with van der Waals surface area (Å²) in [6.07, 6.45) is 3.92.